The summed E-state index contributed by atoms with van der Waals surface area (Å²) in [7, 11) is 0. The predicted molar refractivity (Wildman–Crippen MR) is 88.9 cm³/mol. The van der Waals surface area contributed by atoms with Gasteiger partial charge < -0.3 is 10.2 Å². The van der Waals surface area contributed by atoms with Crippen molar-refractivity contribution in [3.05, 3.63) is 32.8 Å². The largest absolute Gasteiger partial charge is 0.366 e. The molecule has 21 heavy (non-hydrogen) atoms. The van der Waals surface area contributed by atoms with Gasteiger partial charge in [0.25, 0.3) is 5.69 Å². The highest BCUT2D eigenvalue weighted by atomic mass is 79.9. The van der Waals surface area contributed by atoms with Crippen molar-refractivity contribution in [3.8, 4) is 0 Å². The van der Waals surface area contributed by atoms with Crippen molar-refractivity contribution < 1.29 is 4.92 Å². The zero-order chi connectivity index (χ0) is 15.4. The number of nitrogens with zero attached hydrogens (tertiary/aromatic N) is 2. The molecule has 1 aliphatic heterocycles. The molecule has 1 aromatic carbocycles. The molecule has 1 heterocycles. The van der Waals surface area contributed by atoms with E-state index in [9.17, 15) is 10.1 Å². The number of halogens is 1. The van der Waals surface area contributed by atoms with Gasteiger partial charge in [0.15, 0.2) is 0 Å². The minimum Gasteiger partial charge on any atom is -0.366 e. The van der Waals surface area contributed by atoms with Crippen molar-refractivity contribution in [2.45, 2.75) is 32.7 Å². The van der Waals surface area contributed by atoms with E-state index in [1.165, 1.54) is 6.42 Å². The van der Waals surface area contributed by atoms with Crippen LogP contribution in [0.4, 0.5) is 11.4 Å². The van der Waals surface area contributed by atoms with Gasteiger partial charge in [-0.05, 0) is 37.4 Å². The lowest BCUT2D eigenvalue weighted by Crippen LogP contribution is -2.41. The molecule has 5 nitrogen and oxygen atoms in total. The van der Waals surface area contributed by atoms with Crippen LogP contribution in [0, 0.1) is 16.0 Å². The number of hydrogen-bond donors (Lipinski definition) is 1. The van der Waals surface area contributed by atoms with Gasteiger partial charge in [0.05, 0.1) is 4.92 Å². The summed E-state index contributed by atoms with van der Waals surface area (Å²) in [5.41, 5.74) is 0.916. The van der Waals surface area contributed by atoms with Crippen LogP contribution in [0.15, 0.2) is 22.7 Å². The fraction of sp³-hybridized carbons (Fsp3) is 0.600. The van der Waals surface area contributed by atoms with Crippen LogP contribution in [0.2, 0.25) is 0 Å². The predicted octanol–water partition coefficient (Wildman–Crippen LogP) is 3.57. The van der Waals surface area contributed by atoms with Crippen molar-refractivity contribution in [2.24, 2.45) is 5.92 Å². The zero-order valence-electron chi connectivity index (χ0n) is 12.5. The van der Waals surface area contributed by atoms with Crippen LogP contribution in [0.5, 0.6) is 0 Å². The van der Waals surface area contributed by atoms with E-state index in [0.717, 1.165) is 36.2 Å². The Bertz CT molecular complexity index is 508. The zero-order valence-corrected chi connectivity index (χ0v) is 14.1. The lowest BCUT2D eigenvalue weighted by Gasteiger charge is -2.34. The molecule has 1 aromatic rings. The van der Waals surface area contributed by atoms with Crippen LogP contribution in [-0.4, -0.2) is 30.6 Å². The van der Waals surface area contributed by atoms with Crippen LogP contribution in [0.25, 0.3) is 0 Å². The molecule has 0 radical (unpaired) electrons. The van der Waals surface area contributed by atoms with Gasteiger partial charge in [0.2, 0.25) is 0 Å². The van der Waals surface area contributed by atoms with Gasteiger partial charge in [0, 0.05) is 29.7 Å². The standard InChI is InChI=1S/C15H22BrN3O2/c1-11(2)17-9-12-4-3-7-18(10-12)15-8-13(16)5-6-14(15)19(20)21/h5-6,8,11-12,17H,3-4,7,9-10H2,1-2H3. The van der Waals surface area contributed by atoms with Gasteiger partial charge in [0.1, 0.15) is 5.69 Å². The molecular weight excluding hydrogens is 334 g/mol. The molecule has 0 aliphatic carbocycles. The maximum Gasteiger partial charge on any atom is 0.292 e. The highest BCUT2D eigenvalue weighted by Gasteiger charge is 2.25. The van der Waals surface area contributed by atoms with Gasteiger partial charge >= 0.3 is 0 Å². The Morgan fingerprint density at radius 1 is 1.52 bits per heavy atom. The van der Waals surface area contributed by atoms with E-state index in [1.807, 2.05) is 6.07 Å². The van der Waals surface area contributed by atoms with Crippen LogP contribution < -0.4 is 10.2 Å². The van der Waals surface area contributed by atoms with E-state index in [0.29, 0.717) is 12.0 Å². The number of rotatable bonds is 5. The molecule has 1 unspecified atom stereocenters. The summed E-state index contributed by atoms with van der Waals surface area (Å²) in [6.07, 6.45) is 2.26. The molecule has 1 fully saturated rings. The van der Waals surface area contributed by atoms with Crippen molar-refractivity contribution in [1.29, 1.82) is 0 Å². The van der Waals surface area contributed by atoms with Gasteiger partial charge in [-0.1, -0.05) is 29.8 Å². The Hall–Kier alpha value is -1.14. The number of nitrogens with one attached hydrogen (secondary N) is 1. The minimum absolute atomic E-state index is 0.190. The molecule has 0 aromatic heterocycles. The van der Waals surface area contributed by atoms with E-state index in [2.05, 4.69) is 40.0 Å². The second kappa shape index (κ2) is 7.22. The van der Waals surface area contributed by atoms with E-state index in [-0.39, 0.29) is 10.6 Å². The molecular formula is C15H22BrN3O2. The van der Waals surface area contributed by atoms with E-state index < -0.39 is 0 Å². The van der Waals surface area contributed by atoms with Gasteiger partial charge in [-0.25, -0.2) is 0 Å². The molecule has 2 rings (SSSR count). The minimum atomic E-state index is -0.294. The number of piperidine rings is 1. The van der Waals surface area contributed by atoms with Gasteiger partial charge in [-0.2, -0.15) is 0 Å². The van der Waals surface area contributed by atoms with Crippen molar-refractivity contribution in [1.82, 2.24) is 5.32 Å². The summed E-state index contributed by atoms with van der Waals surface area (Å²) in [5.74, 6) is 0.541. The van der Waals surface area contributed by atoms with Crippen LogP contribution in [-0.2, 0) is 0 Å². The number of hydrogen-bond acceptors (Lipinski definition) is 4. The third-order valence-corrected chi connectivity index (χ3v) is 4.30. The van der Waals surface area contributed by atoms with E-state index in [1.54, 1.807) is 12.1 Å². The fourth-order valence-corrected chi connectivity index (χ4v) is 3.11. The lowest BCUT2D eigenvalue weighted by molar-refractivity contribution is -0.384. The number of nitro benzene ring substituents is 1. The number of anilines is 1. The van der Waals surface area contributed by atoms with E-state index in [4.69, 9.17) is 0 Å². The average Bonchev–Trinajstić information content (AvgIpc) is 2.45. The quantitative estimate of drug-likeness (QED) is 0.647. The number of benzene rings is 1. The Kier molecular flexibility index (Phi) is 5.58. The van der Waals surface area contributed by atoms with Crippen molar-refractivity contribution >= 4 is 27.3 Å². The molecule has 0 bridgehead atoms. The maximum atomic E-state index is 11.2. The van der Waals surface area contributed by atoms with Crippen LogP contribution in [0.3, 0.4) is 0 Å². The van der Waals surface area contributed by atoms with Crippen LogP contribution in [0.1, 0.15) is 26.7 Å². The molecule has 116 valence electrons. The summed E-state index contributed by atoms with van der Waals surface area (Å²) < 4.78 is 0.880. The Morgan fingerprint density at radius 3 is 2.95 bits per heavy atom. The first-order valence-corrected chi connectivity index (χ1v) is 8.19. The summed E-state index contributed by atoms with van der Waals surface area (Å²) >= 11 is 3.42. The molecule has 6 heteroatoms. The first-order chi connectivity index (χ1) is 9.97. The second-order valence-electron chi connectivity index (χ2n) is 5.91. The highest BCUT2D eigenvalue weighted by Crippen LogP contribution is 2.33. The molecule has 0 saturated carbocycles. The highest BCUT2D eigenvalue weighted by molar-refractivity contribution is 9.10. The molecule has 0 amide bonds. The normalized spacial score (nSPS) is 19.0. The summed E-state index contributed by atoms with van der Waals surface area (Å²) in [5, 5.41) is 14.7. The van der Waals surface area contributed by atoms with Gasteiger partial charge in [-0.15, -0.1) is 0 Å². The van der Waals surface area contributed by atoms with Crippen molar-refractivity contribution in [3.63, 3.8) is 0 Å². The fourth-order valence-electron chi connectivity index (χ4n) is 2.76. The molecule has 1 atom stereocenters. The monoisotopic (exact) mass is 355 g/mol. The molecule has 1 aliphatic rings. The first kappa shape index (κ1) is 16.2. The van der Waals surface area contributed by atoms with Gasteiger partial charge in [-0.3, -0.25) is 10.1 Å². The topological polar surface area (TPSA) is 58.4 Å². The Morgan fingerprint density at radius 2 is 2.29 bits per heavy atom. The van der Waals surface area contributed by atoms with E-state index >= 15 is 0 Å². The van der Waals surface area contributed by atoms with Crippen molar-refractivity contribution in [2.75, 3.05) is 24.5 Å². The summed E-state index contributed by atoms with van der Waals surface area (Å²) in [4.78, 5) is 13.1. The second-order valence-corrected chi connectivity index (χ2v) is 6.82. The molecule has 1 N–H and O–H groups in total. The summed E-state index contributed by atoms with van der Waals surface area (Å²) in [6.45, 7) is 7.00. The molecule has 1 saturated heterocycles. The molecule has 0 spiro atoms. The summed E-state index contributed by atoms with van der Waals surface area (Å²) in [6, 6.07) is 5.63. The number of nitro groups is 1. The smallest absolute Gasteiger partial charge is 0.292 e. The third-order valence-electron chi connectivity index (χ3n) is 3.81. The SMILES string of the molecule is CC(C)NCC1CCCN(c2cc(Br)ccc2[N+](=O)[O-])C1. The lowest BCUT2D eigenvalue weighted by atomic mass is 9.97. The maximum absolute atomic E-state index is 11.2. The van der Waals surface area contributed by atoms with Crippen LogP contribution >= 0.6 is 15.9 Å². The Balaban J connectivity index is 2.13. The average molecular weight is 356 g/mol. The Labute approximate surface area is 134 Å². The third kappa shape index (κ3) is 4.41. The first-order valence-electron chi connectivity index (χ1n) is 7.39.